The van der Waals surface area contributed by atoms with Crippen molar-refractivity contribution < 1.29 is 4.80 Å². The van der Waals surface area contributed by atoms with Gasteiger partial charge in [-0.2, -0.15) is 0 Å². The second kappa shape index (κ2) is 13.5. The number of hydrogen-bond acceptors (Lipinski definition) is 1. The van der Waals surface area contributed by atoms with Gasteiger partial charge in [-0.25, -0.2) is 0 Å². The maximum Gasteiger partial charge on any atom is 0.156 e. The number of rotatable bonds is 13. The standard InChI is InChI=1S/C40H42OSi/c41-42-30-13-5-3-1-2-4-12-29-40(37-26-14-20-31-17-6-9-23-34(31)37,38-27-15-21-32-18-7-10-24-35(32)38)39-28-16-22-33-19-8-11-25-36(33)39/h6-11,14-28,41H,1-5,12-13,29-30,42H2. The van der Waals surface area contributed by atoms with Crippen molar-refractivity contribution in [2.24, 2.45) is 0 Å². The van der Waals surface area contributed by atoms with E-state index >= 15 is 0 Å². The Morgan fingerprint density at radius 1 is 0.405 bits per heavy atom. The molecule has 0 heterocycles. The van der Waals surface area contributed by atoms with Gasteiger partial charge in [-0.3, -0.25) is 0 Å². The van der Waals surface area contributed by atoms with Crippen LogP contribution < -0.4 is 0 Å². The lowest BCUT2D eigenvalue weighted by Gasteiger charge is -2.39. The fraction of sp³-hybridized carbons (Fsp3) is 0.250. The Kier molecular flexibility index (Phi) is 9.13. The molecule has 1 N–H and O–H groups in total. The zero-order valence-electron chi connectivity index (χ0n) is 24.6. The molecule has 0 bridgehead atoms. The monoisotopic (exact) mass is 566 g/mol. The topological polar surface area (TPSA) is 20.2 Å². The number of unbranched alkanes of at least 4 members (excludes halogenated alkanes) is 6. The van der Waals surface area contributed by atoms with Gasteiger partial charge in [0.2, 0.25) is 0 Å². The van der Waals surface area contributed by atoms with E-state index in [1.807, 2.05) is 0 Å². The Morgan fingerprint density at radius 3 is 1.19 bits per heavy atom. The molecule has 0 aromatic heterocycles. The molecule has 1 nitrogen and oxygen atoms in total. The van der Waals surface area contributed by atoms with Crippen molar-refractivity contribution >= 4 is 42.1 Å². The quantitative estimate of drug-likeness (QED) is 0.0838. The van der Waals surface area contributed by atoms with Gasteiger partial charge in [0.15, 0.2) is 9.76 Å². The number of fused-ring (bicyclic) bond motifs is 3. The summed E-state index contributed by atoms with van der Waals surface area (Å²) < 4.78 is 0. The van der Waals surface area contributed by atoms with E-state index in [1.165, 1.54) is 94.0 Å². The van der Waals surface area contributed by atoms with Crippen LogP contribution in [0.2, 0.25) is 6.04 Å². The Labute approximate surface area is 253 Å². The molecule has 2 heteroatoms. The molecule has 42 heavy (non-hydrogen) atoms. The lowest BCUT2D eigenvalue weighted by molar-refractivity contribution is 0.502. The zero-order valence-corrected chi connectivity index (χ0v) is 26.1. The molecule has 0 aliphatic heterocycles. The Balaban J connectivity index is 1.53. The van der Waals surface area contributed by atoms with Crippen LogP contribution in [0.4, 0.5) is 0 Å². The molecule has 0 saturated carbocycles. The van der Waals surface area contributed by atoms with E-state index in [9.17, 15) is 4.80 Å². The van der Waals surface area contributed by atoms with Crippen molar-refractivity contribution in [2.75, 3.05) is 0 Å². The maximum atomic E-state index is 9.23. The highest BCUT2D eigenvalue weighted by Gasteiger charge is 2.39. The molecule has 0 aliphatic rings. The third-order valence-corrected chi connectivity index (χ3v) is 10.0. The summed E-state index contributed by atoms with van der Waals surface area (Å²) in [4.78, 5) is 9.23. The molecule has 0 radical (unpaired) electrons. The Bertz CT molecular complexity index is 1560. The molecule has 0 amide bonds. The van der Waals surface area contributed by atoms with Crippen molar-refractivity contribution in [3.63, 3.8) is 0 Å². The smallest absolute Gasteiger partial charge is 0.156 e. The van der Waals surface area contributed by atoms with Crippen molar-refractivity contribution in [1.29, 1.82) is 0 Å². The van der Waals surface area contributed by atoms with Gasteiger partial charge in [0.25, 0.3) is 0 Å². The van der Waals surface area contributed by atoms with Gasteiger partial charge in [0, 0.05) is 5.41 Å². The molecule has 0 fully saturated rings. The summed E-state index contributed by atoms with van der Waals surface area (Å²) >= 11 is 0. The van der Waals surface area contributed by atoms with E-state index in [2.05, 4.69) is 127 Å². The van der Waals surface area contributed by atoms with E-state index in [0.29, 0.717) is 0 Å². The van der Waals surface area contributed by atoms with Gasteiger partial charge in [0.05, 0.1) is 0 Å². The second-order valence-electron chi connectivity index (χ2n) is 11.8. The summed E-state index contributed by atoms with van der Waals surface area (Å²) in [7, 11) is -0.772. The van der Waals surface area contributed by atoms with E-state index < -0.39 is 9.76 Å². The molecule has 0 atom stereocenters. The summed E-state index contributed by atoms with van der Waals surface area (Å²) in [5.41, 5.74) is 3.90. The number of hydrogen-bond donors (Lipinski definition) is 1. The van der Waals surface area contributed by atoms with Crippen LogP contribution in [0, 0.1) is 0 Å². The van der Waals surface area contributed by atoms with Gasteiger partial charge >= 0.3 is 0 Å². The van der Waals surface area contributed by atoms with Crippen LogP contribution in [0.3, 0.4) is 0 Å². The van der Waals surface area contributed by atoms with Crippen molar-refractivity contribution in [2.45, 2.75) is 62.8 Å². The van der Waals surface area contributed by atoms with E-state index in [-0.39, 0.29) is 5.41 Å². The van der Waals surface area contributed by atoms with Crippen LogP contribution in [-0.4, -0.2) is 14.6 Å². The van der Waals surface area contributed by atoms with Gasteiger partial charge in [0.1, 0.15) is 0 Å². The minimum Gasteiger partial charge on any atom is -0.438 e. The maximum absolute atomic E-state index is 9.23. The first-order valence-corrected chi connectivity index (χ1v) is 17.5. The van der Waals surface area contributed by atoms with Crippen molar-refractivity contribution in [1.82, 2.24) is 0 Å². The highest BCUT2D eigenvalue weighted by Crippen LogP contribution is 2.50. The fourth-order valence-electron chi connectivity index (χ4n) is 7.19. The summed E-state index contributed by atoms with van der Waals surface area (Å²) in [6, 6.07) is 48.6. The summed E-state index contributed by atoms with van der Waals surface area (Å²) in [5, 5.41) is 7.91. The second-order valence-corrected chi connectivity index (χ2v) is 12.9. The predicted octanol–water partition coefficient (Wildman–Crippen LogP) is 10.1. The van der Waals surface area contributed by atoms with Gasteiger partial charge in [-0.05, 0) is 61.5 Å². The third kappa shape index (κ3) is 5.66. The summed E-state index contributed by atoms with van der Waals surface area (Å²) in [6.45, 7) is 0. The SMILES string of the molecule is O[SiH2]CCCCCCCCCC(c1cccc2ccccc12)(c1cccc2ccccc12)c1cccc2ccccc12. The molecule has 6 aromatic rings. The first kappa shape index (κ1) is 28.4. The molecule has 6 rings (SSSR count). The molecule has 0 spiro atoms. The van der Waals surface area contributed by atoms with E-state index in [1.54, 1.807) is 0 Å². The normalized spacial score (nSPS) is 12.2. The molecule has 0 aliphatic carbocycles. The minimum absolute atomic E-state index is 0.311. The Hall–Kier alpha value is -3.72. The average molecular weight is 567 g/mol. The molecular formula is C40H42OSi. The van der Waals surface area contributed by atoms with Gasteiger partial charge < -0.3 is 4.80 Å². The van der Waals surface area contributed by atoms with Crippen LogP contribution in [0.15, 0.2) is 127 Å². The molecule has 0 unspecified atom stereocenters. The van der Waals surface area contributed by atoms with E-state index in [0.717, 1.165) is 12.5 Å². The average Bonchev–Trinajstić information content (AvgIpc) is 3.05. The van der Waals surface area contributed by atoms with Crippen LogP contribution in [0.5, 0.6) is 0 Å². The first-order chi connectivity index (χ1) is 20.8. The largest absolute Gasteiger partial charge is 0.438 e. The highest BCUT2D eigenvalue weighted by molar-refractivity contribution is 6.25. The lowest BCUT2D eigenvalue weighted by Crippen LogP contribution is -2.30. The van der Waals surface area contributed by atoms with Crippen LogP contribution in [0.1, 0.15) is 68.1 Å². The van der Waals surface area contributed by atoms with Crippen molar-refractivity contribution in [3.05, 3.63) is 144 Å². The molecule has 212 valence electrons. The van der Waals surface area contributed by atoms with Crippen LogP contribution in [0.25, 0.3) is 32.3 Å². The summed E-state index contributed by atoms with van der Waals surface area (Å²) in [6.07, 6.45) is 9.77. The predicted molar refractivity (Wildman–Crippen MR) is 184 cm³/mol. The number of benzene rings is 6. The summed E-state index contributed by atoms with van der Waals surface area (Å²) in [5.74, 6) is 0. The van der Waals surface area contributed by atoms with Gasteiger partial charge in [-0.1, -0.05) is 172 Å². The first-order valence-electron chi connectivity index (χ1n) is 15.9. The van der Waals surface area contributed by atoms with Crippen LogP contribution >= 0.6 is 0 Å². The van der Waals surface area contributed by atoms with Gasteiger partial charge in [-0.15, -0.1) is 0 Å². The molecular weight excluding hydrogens is 525 g/mol. The molecule has 0 saturated heterocycles. The fourth-order valence-corrected chi connectivity index (χ4v) is 7.77. The Morgan fingerprint density at radius 2 is 0.762 bits per heavy atom. The zero-order chi connectivity index (χ0) is 28.6. The minimum atomic E-state index is -0.772. The van der Waals surface area contributed by atoms with E-state index in [4.69, 9.17) is 0 Å². The highest BCUT2D eigenvalue weighted by atomic mass is 28.2. The molecule has 6 aromatic carbocycles. The van der Waals surface area contributed by atoms with Crippen molar-refractivity contribution in [3.8, 4) is 0 Å². The van der Waals surface area contributed by atoms with Crippen LogP contribution in [-0.2, 0) is 5.41 Å². The lowest BCUT2D eigenvalue weighted by atomic mass is 9.63. The third-order valence-electron chi connectivity index (χ3n) is 9.21.